The van der Waals surface area contributed by atoms with Gasteiger partial charge in [-0.15, -0.1) is 0 Å². The number of hydrogen-bond acceptors (Lipinski definition) is 3. The first kappa shape index (κ1) is 20.0. The third kappa shape index (κ3) is 5.39. The lowest BCUT2D eigenvalue weighted by Gasteiger charge is -2.22. The van der Waals surface area contributed by atoms with Crippen molar-refractivity contribution in [1.29, 1.82) is 0 Å². The molecule has 1 atom stereocenters. The van der Waals surface area contributed by atoms with E-state index in [9.17, 15) is 14.0 Å². The standard InChI is InChI=1S/C22H26FN3O2/c1-17(18-6-3-2-4-7-18)24-21(27)16-25-12-5-13-26(15-14-25)22(28)19-8-10-20(23)11-9-19/h2-4,6-11,17H,5,12-16H2,1H3,(H,24,27). The molecule has 2 aromatic carbocycles. The highest BCUT2D eigenvalue weighted by Gasteiger charge is 2.22. The van der Waals surface area contributed by atoms with E-state index in [1.807, 2.05) is 37.3 Å². The van der Waals surface area contributed by atoms with Crippen LogP contribution in [0.4, 0.5) is 4.39 Å². The second-order valence-corrected chi connectivity index (χ2v) is 7.13. The van der Waals surface area contributed by atoms with Gasteiger partial charge in [-0.3, -0.25) is 14.5 Å². The summed E-state index contributed by atoms with van der Waals surface area (Å²) in [6.45, 7) is 4.88. The Morgan fingerprint density at radius 2 is 1.71 bits per heavy atom. The van der Waals surface area contributed by atoms with Crippen LogP contribution in [0, 0.1) is 5.82 Å². The number of hydrogen-bond donors (Lipinski definition) is 1. The maximum absolute atomic E-state index is 13.1. The molecule has 148 valence electrons. The first-order chi connectivity index (χ1) is 13.5. The van der Waals surface area contributed by atoms with E-state index in [1.165, 1.54) is 24.3 Å². The number of carbonyl (C=O) groups excluding carboxylic acids is 2. The molecule has 5 nitrogen and oxygen atoms in total. The van der Waals surface area contributed by atoms with Gasteiger partial charge in [-0.1, -0.05) is 30.3 Å². The van der Waals surface area contributed by atoms with Crippen molar-refractivity contribution in [3.63, 3.8) is 0 Å². The first-order valence-corrected chi connectivity index (χ1v) is 9.64. The van der Waals surface area contributed by atoms with Crippen LogP contribution in [0.5, 0.6) is 0 Å². The Kier molecular flexibility index (Phi) is 6.76. The van der Waals surface area contributed by atoms with E-state index in [-0.39, 0.29) is 23.7 Å². The molecule has 1 aliphatic heterocycles. The molecular formula is C22H26FN3O2. The van der Waals surface area contributed by atoms with Crippen LogP contribution in [0.15, 0.2) is 54.6 Å². The number of nitrogens with zero attached hydrogens (tertiary/aromatic N) is 2. The Balaban J connectivity index is 1.50. The molecule has 1 N–H and O–H groups in total. The number of amides is 2. The van der Waals surface area contributed by atoms with Crippen LogP contribution in [-0.4, -0.2) is 54.3 Å². The van der Waals surface area contributed by atoms with Gasteiger partial charge in [0, 0.05) is 31.7 Å². The van der Waals surface area contributed by atoms with E-state index in [0.717, 1.165) is 18.5 Å². The molecule has 0 spiro atoms. The highest BCUT2D eigenvalue weighted by atomic mass is 19.1. The van der Waals surface area contributed by atoms with Gasteiger partial charge >= 0.3 is 0 Å². The number of halogens is 1. The normalized spacial score (nSPS) is 16.3. The third-order valence-electron chi connectivity index (χ3n) is 5.01. The second-order valence-electron chi connectivity index (χ2n) is 7.13. The number of rotatable bonds is 5. The average molecular weight is 383 g/mol. The van der Waals surface area contributed by atoms with Crippen molar-refractivity contribution in [3.8, 4) is 0 Å². The largest absolute Gasteiger partial charge is 0.348 e. The lowest BCUT2D eigenvalue weighted by atomic mass is 10.1. The molecule has 0 aliphatic carbocycles. The Morgan fingerprint density at radius 3 is 2.43 bits per heavy atom. The third-order valence-corrected chi connectivity index (χ3v) is 5.01. The number of nitrogens with one attached hydrogen (secondary N) is 1. The van der Waals surface area contributed by atoms with Gasteiger partial charge in [0.1, 0.15) is 5.82 Å². The van der Waals surface area contributed by atoms with Gasteiger partial charge in [-0.05, 0) is 43.2 Å². The summed E-state index contributed by atoms with van der Waals surface area (Å²) in [7, 11) is 0. The number of carbonyl (C=O) groups is 2. The van der Waals surface area contributed by atoms with Gasteiger partial charge in [0.05, 0.1) is 12.6 Å². The average Bonchev–Trinajstić information content (AvgIpc) is 2.94. The van der Waals surface area contributed by atoms with Crippen LogP contribution >= 0.6 is 0 Å². The summed E-state index contributed by atoms with van der Waals surface area (Å²) < 4.78 is 13.1. The molecule has 28 heavy (non-hydrogen) atoms. The molecule has 1 saturated heterocycles. The minimum absolute atomic E-state index is 0.0188. The molecule has 0 bridgehead atoms. The van der Waals surface area contributed by atoms with Crippen LogP contribution < -0.4 is 5.32 Å². The molecule has 1 unspecified atom stereocenters. The van der Waals surface area contributed by atoms with Gasteiger partial charge in [0.25, 0.3) is 5.91 Å². The summed E-state index contributed by atoms with van der Waals surface area (Å²) in [5, 5.41) is 3.03. The Bertz CT molecular complexity index is 795. The fourth-order valence-corrected chi connectivity index (χ4v) is 3.42. The monoisotopic (exact) mass is 383 g/mol. The smallest absolute Gasteiger partial charge is 0.253 e. The maximum Gasteiger partial charge on any atom is 0.253 e. The molecule has 2 aromatic rings. The van der Waals surface area contributed by atoms with E-state index < -0.39 is 0 Å². The zero-order valence-electron chi connectivity index (χ0n) is 16.1. The van der Waals surface area contributed by atoms with Gasteiger partial charge in [0.2, 0.25) is 5.91 Å². The van der Waals surface area contributed by atoms with Gasteiger partial charge < -0.3 is 10.2 Å². The van der Waals surface area contributed by atoms with Gasteiger partial charge in [-0.2, -0.15) is 0 Å². The van der Waals surface area contributed by atoms with Crippen LogP contribution in [0.1, 0.15) is 35.3 Å². The van der Waals surface area contributed by atoms with Crippen molar-refractivity contribution in [2.24, 2.45) is 0 Å². The predicted octanol–water partition coefficient (Wildman–Crippen LogP) is 2.85. The van der Waals surface area contributed by atoms with Crippen LogP contribution in [0.3, 0.4) is 0 Å². The van der Waals surface area contributed by atoms with E-state index in [1.54, 1.807) is 4.90 Å². The molecule has 1 fully saturated rings. The summed E-state index contributed by atoms with van der Waals surface area (Å²) in [6.07, 6.45) is 0.800. The topological polar surface area (TPSA) is 52.7 Å². The minimum Gasteiger partial charge on any atom is -0.348 e. The zero-order chi connectivity index (χ0) is 19.9. The predicted molar refractivity (Wildman–Crippen MR) is 106 cm³/mol. The molecule has 3 rings (SSSR count). The molecule has 0 saturated carbocycles. The maximum atomic E-state index is 13.1. The van der Waals surface area contributed by atoms with Crippen molar-refractivity contribution in [2.75, 3.05) is 32.7 Å². The van der Waals surface area contributed by atoms with Crippen LogP contribution in [-0.2, 0) is 4.79 Å². The van der Waals surface area contributed by atoms with Crippen molar-refractivity contribution >= 4 is 11.8 Å². The van der Waals surface area contributed by atoms with E-state index >= 15 is 0 Å². The fourth-order valence-electron chi connectivity index (χ4n) is 3.42. The quantitative estimate of drug-likeness (QED) is 0.864. The van der Waals surface area contributed by atoms with Crippen molar-refractivity contribution in [1.82, 2.24) is 15.1 Å². The van der Waals surface area contributed by atoms with E-state index in [0.29, 0.717) is 31.7 Å². The molecular weight excluding hydrogens is 357 g/mol. The van der Waals surface area contributed by atoms with Crippen molar-refractivity contribution in [3.05, 3.63) is 71.5 Å². The number of benzene rings is 2. The molecule has 1 heterocycles. The lowest BCUT2D eigenvalue weighted by molar-refractivity contribution is -0.122. The van der Waals surface area contributed by atoms with Crippen molar-refractivity contribution in [2.45, 2.75) is 19.4 Å². The first-order valence-electron chi connectivity index (χ1n) is 9.64. The molecule has 1 aliphatic rings. The SMILES string of the molecule is CC(NC(=O)CN1CCCN(C(=O)c2ccc(F)cc2)CC1)c1ccccc1. The van der Waals surface area contributed by atoms with E-state index in [2.05, 4.69) is 10.2 Å². The summed E-state index contributed by atoms with van der Waals surface area (Å²) >= 11 is 0. The van der Waals surface area contributed by atoms with Crippen LogP contribution in [0.2, 0.25) is 0 Å². The summed E-state index contributed by atoms with van der Waals surface area (Å²) in [5.41, 5.74) is 1.56. The molecule has 2 amide bonds. The minimum atomic E-state index is -0.352. The molecule has 0 radical (unpaired) electrons. The summed E-state index contributed by atoms with van der Waals surface area (Å²) in [6, 6.07) is 15.4. The summed E-state index contributed by atoms with van der Waals surface area (Å²) in [4.78, 5) is 28.9. The van der Waals surface area contributed by atoms with Gasteiger partial charge in [0.15, 0.2) is 0 Å². The highest BCUT2D eigenvalue weighted by Crippen LogP contribution is 2.12. The fraction of sp³-hybridized carbons (Fsp3) is 0.364. The van der Waals surface area contributed by atoms with Gasteiger partial charge in [-0.25, -0.2) is 4.39 Å². The molecule has 6 heteroatoms. The Morgan fingerprint density at radius 1 is 1.00 bits per heavy atom. The Hall–Kier alpha value is -2.73. The van der Waals surface area contributed by atoms with E-state index in [4.69, 9.17) is 0 Å². The Labute approximate surface area is 165 Å². The highest BCUT2D eigenvalue weighted by molar-refractivity contribution is 5.94. The zero-order valence-corrected chi connectivity index (χ0v) is 16.1. The van der Waals surface area contributed by atoms with Crippen molar-refractivity contribution < 1.29 is 14.0 Å². The molecule has 0 aromatic heterocycles. The lowest BCUT2D eigenvalue weighted by Crippen LogP contribution is -2.40. The van der Waals surface area contributed by atoms with Crippen LogP contribution in [0.25, 0.3) is 0 Å². The summed E-state index contributed by atoms with van der Waals surface area (Å²) in [5.74, 6) is -0.465. The second kappa shape index (κ2) is 9.46.